The smallest absolute Gasteiger partial charge is 0.281 e. The molecule has 0 amide bonds. The topological polar surface area (TPSA) is 35.2 Å². The van der Waals surface area contributed by atoms with Crippen LogP contribution >= 0.6 is 11.6 Å². The van der Waals surface area contributed by atoms with Crippen molar-refractivity contribution in [2.45, 2.75) is 31.4 Å². The Morgan fingerprint density at radius 1 is 1.04 bits per heavy atom. The van der Waals surface area contributed by atoms with Gasteiger partial charge >= 0.3 is 0 Å². The fourth-order valence-electron chi connectivity index (χ4n) is 3.58. The molecule has 0 fully saturated rings. The zero-order valence-electron chi connectivity index (χ0n) is 15.0. The van der Waals surface area contributed by atoms with Crippen LogP contribution in [0.4, 0.5) is 0 Å². The Hall–Kier alpha value is -1.65. The maximum atomic E-state index is 6.83. The van der Waals surface area contributed by atoms with Crippen molar-refractivity contribution >= 4 is 30.3 Å². The number of nitrogens with two attached hydrogens (primary N) is 1. The molecule has 0 aliphatic carbocycles. The van der Waals surface area contributed by atoms with Crippen LogP contribution in [-0.4, -0.2) is 26.3 Å². The Kier molecular flexibility index (Phi) is 6.49. The van der Waals surface area contributed by atoms with Gasteiger partial charge in [-0.3, -0.25) is 0 Å². The van der Waals surface area contributed by atoms with Crippen LogP contribution in [0.5, 0.6) is 0 Å². The van der Waals surface area contributed by atoms with Crippen molar-refractivity contribution < 1.29 is 4.43 Å². The first-order valence-electron chi connectivity index (χ1n) is 9.16. The molecule has 0 radical (unpaired) electrons. The van der Waals surface area contributed by atoms with Crippen molar-refractivity contribution in [3.63, 3.8) is 0 Å². The highest BCUT2D eigenvalue weighted by molar-refractivity contribution is 7.01. The van der Waals surface area contributed by atoms with E-state index >= 15 is 0 Å². The molecule has 1 aliphatic heterocycles. The summed E-state index contributed by atoms with van der Waals surface area (Å²) < 4.78 is 6.83. The van der Waals surface area contributed by atoms with Crippen LogP contribution in [0.25, 0.3) is 0 Å². The molecule has 2 atom stereocenters. The minimum absolute atomic E-state index is 0.116. The first kappa shape index (κ1) is 19.1. The lowest BCUT2D eigenvalue weighted by Gasteiger charge is -2.29. The van der Waals surface area contributed by atoms with Gasteiger partial charge in [0.15, 0.2) is 0 Å². The van der Waals surface area contributed by atoms with Gasteiger partial charge in [-0.2, -0.15) is 0 Å². The molecule has 0 spiro atoms. The second-order valence-corrected chi connectivity index (χ2v) is 10.2. The number of benzene rings is 2. The van der Waals surface area contributed by atoms with Crippen molar-refractivity contribution in [3.8, 4) is 0 Å². The molecule has 0 aromatic heterocycles. The van der Waals surface area contributed by atoms with Crippen LogP contribution in [0, 0.1) is 0 Å². The molecule has 1 aliphatic rings. The van der Waals surface area contributed by atoms with E-state index in [0.717, 1.165) is 19.3 Å². The number of unbranched alkanes of at least 4 members (excludes halogenated alkanes) is 1. The van der Waals surface area contributed by atoms with Crippen LogP contribution in [-0.2, 0) is 4.43 Å². The van der Waals surface area contributed by atoms with Crippen LogP contribution in [0.2, 0.25) is 0 Å². The van der Waals surface area contributed by atoms with Crippen molar-refractivity contribution in [2.24, 2.45) is 5.73 Å². The monoisotopic (exact) mass is 383 g/mol. The van der Waals surface area contributed by atoms with Gasteiger partial charge in [-0.05, 0) is 35.2 Å². The summed E-state index contributed by atoms with van der Waals surface area (Å²) in [6, 6.07) is 20.9. The van der Waals surface area contributed by atoms with E-state index in [1.807, 2.05) is 12.1 Å². The Morgan fingerprint density at radius 3 is 2.12 bits per heavy atom. The third-order valence-corrected chi connectivity index (χ3v) is 9.00. The van der Waals surface area contributed by atoms with E-state index in [1.165, 1.54) is 15.9 Å². The largest absolute Gasteiger partial charge is 0.396 e. The Balaban J connectivity index is 2.07. The van der Waals surface area contributed by atoms with Gasteiger partial charge in [0.25, 0.3) is 8.32 Å². The Labute approximate surface area is 162 Å². The molecule has 4 heteroatoms. The average molecular weight is 384 g/mol. The Morgan fingerprint density at radius 2 is 1.62 bits per heavy atom. The lowest BCUT2D eigenvalue weighted by molar-refractivity contribution is 0.232. The van der Waals surface area contributed by atoms with Gasteiger partial charge in [0.2, 0.25) is 0 Å². The fourth-order valence-corrected chi connectivity index (χ4v) is 7.69. The summed E-state index contributed by atoms with van der Waals surface area (Å²) in [5.74, 6) is 0.687. The van der Waals surface area contributed by atoms with Gasteiger partial charge < -0.3 is 10.2 Å². The highest BCUT2D eigenvalue weighted by Gasteiger charge is 2.46. The second-order valence-electron chi connectivity index (χ2n) is 6.68. The third-order valence-electron chi connectivity index (χ3n) is 4.94. The summed E-state index contributed by atoms with van der Waals surface area (Å²) in [4.78, 5) is 0. The van der Waals surface area contributed by atoms with E-state index in [2.05, 4.69) is 60.8 Å². The van der Waals surface area contributed by atoms with Crippen molar-refractivity contribution in [3.05, 3.63) is 84.6 Å². The number of alkyl halides is 1. The summed E-state index contributed by atoms with van der Waals surface area (Å²) in [7, 11) is -2.47. The zero-order valence-corrected chi connectivity index (χ0v) is 16.7. The SMILES string of the molecule is C=C[C@H](N)[C@H]1O[Si](c2ccccc2)(c2ccccc2)C=C1CCCCCl. The molecular weight excluding hydrogens is 358 g/mol. The molecule has 26 heavy (non-hydrogen) atoms. The Bertz CT molecular complexity index is 708. The standard InChI is InChI=1S/C22H26ClNOSi/c1-2-21(24)22-18(11-9-10-16-23)17-26(25-22,19-12-5-3-6-13-19)20-14-7-4-8-15-20/h2-8,12-15,17,21-22H,1,9-11,16,24H2/t21-,22-/m0/s1. The van der Waals surface area contributed by atoms with E-state index in [0.29, 0.717) is 5.88 Å². The summed E-state index contributed by atoms with van der Waals surface area (Å²) in [5.41, 5.74) is 10.1. The molecule has 136 valence electrons. The lowest BCUT2D eigenvalue weighted by atomic mass is 10.00. The molecule has 0 saturated heterocycles. The molecule has 0 unspecified atom stereocenters. The molecule has 2 aromatic carbocycles. The molecule has 2 N–H and O–H groups in total. The summed E-state index contributed by atoms with van der Waals surface area (Å²) in [6.45, 7) is 3.89. The molecule has 0 saturated carbocycles. The molecule has 2 aromatic rings. The molecule has 2 nitrogen and oxygen atoms in total. The van der Waals surface area contributed by atoms with Gasteiger partial charge in [0.05, 0.1) is 12.1 Å². The minimum Gasteiger partial charge on any atom is -0.396 e. The molecule has 1 heterocycles. The van der Waals surface area contributed by atoms with E-state index in [9.17, 15) is 0 Å². The van der Waals surface area contributed by atoms with Gasteiger partial charge in [0.1, 0.15) is 0 Å². The van der Waals surface area contributed by atoms with Gasteiger partial charge in [-0.15, -0.1) is 18.2 Å². The van der Waals surface area contributed by atoms with Crippen molar-refractivity contribution in [2.75, 3.05) is 5.88 Å². The highest BCUT2D eigenvalue weighted by atomic mass is 35.5. The van der Waals surface area contributed by atoms with E-state index < -0.39 is 8.32 Å². The van der Waals surface area contributed by atoms with Crippen LogP contribution < -0.4 is 16.1 Å². The van der Waals surface area contributed by atoms with E-state index in [-0.39, 0.29) is 12.1 Å². The first-order chi connectivity index (χ1) is 12.7. The van der Waals surface area contributed by atoms with E-state index in [4.69, 9.17) is 21.8 Å². The zero-order chi connectivity index (χ0) is 18.4. The molecule has 0 bridgehead atoms. The van der Waals surface area contributed by atoms with Gasteiger partial charge in [-0.1, -0.05) is 72.4 Å². The minimum atomic E-state index is -2.47. The fraction of sp³-hybridized carbons (Fsp3) is 0.273. The van der Waals surface area contributed by atoms with Gasteiger partial charge in [-0.25, -0.2) is 0 Å². The number of hydrogen-bond acceptors (Lipinski definition) is 2. The van der Waals surface area contributed by atoms with Crippen molar-refractivity contribution in [1.29, 1.82) is 0 Å². The summed E-state index contributed by atoms with van der Waals surface area (Å²) >= 11 is 5.88. The summed E-state index contributed by atoms with van der Waals surface area (Å²) in [5, 5.41) is 2.50. The van der Waals surface area contributed by atoms with E-state index in [1.54, 1.807) is 6.08 Å². The van der Waals surface area contributed by atoms with Crippen LogP contribution in [0.3, 0.4) is 0 Å². The first-order valence-corrected chi connectivity index (χ1v) is 11.7. The quantitative estimate of drug-likeness (QED) is 0.327. The predicted molar refractivity (Wildman–Crippen MR) is 114 cm³/mol. The maximum Gasteiger partial charge on any atom is 0.281 e. The predicted octanol–water partition coefficient (Wildman–Crippen LogP) is 3.53. The maximum absolute atomic E-state index is 6.83. The van der Waals surface area contributed by atoms with Crippen LogP contribution in [0.15, 0.2) is 84.6 Å². The lowest BCUT2D eigenvalue weighted by Crippen LogP contribution is -2.59. The third kappa shape index (κ3) is 3.86. The van der Waals surface area contributed by atoms with Crippen LogP contribution in [0.1, 0.15) is 19.3 Å². The van der Waals surface area contributed by atoms with Crippen molar-refractivity contribution in [1.82, 2.24) is 0 Å². The number of halogens is 1. The highest BCUT2D eigenvalue weighted by Crippen LogP contribution is 2.31. The second kappa shape index (κ2) is 8.83. The molecular formula is C22H26ClNOSi. The number of rotatable bonds is 8. The number of hydrogen-bond donors (Lipinski definition) is 1. The average Bonchev–Trinajstić information content (AvgIpc) is 3.10. The summed E-state index contributed by atoms with van der Waals surface area (Å²) in [6.07, 6.45) is 4.69. The molecule has 3 rings (SSSR count). The van der Waals surface area contributed by atoms with Gasteiger partial charge in [0, 0.05) is 5.88 Å². The normalized spacial score (nSPS) is 19.8.